The van der Waals surface area contributed by atoms with E-state index in [4.69, 9.17) is 11.5 Å². The normalized spacial score (nSPS) is 24.0. The summed E-state index contributed by atoms with van der Waals surface area (Å²) in [6.07, 6.45) is 8.46. The first kappa shape index (κ1) is 31.9. The van der Waals surface area contributed by atoms with E-state index < -0.39 is 11.2 Å². The number of nitrogens with one attached hydrogen (secondary N) is 1. The number of fused-ring (bicyclic) bond motifs is 3. The molecule has 4 aliphatic rings. The van der Waals surface area contributed by atoms with Gasteiger partial charge in [-0.25, -0.2) is 9.59 Å². The predicted molar refractivity (Wildman–Crippen MR) is 166 cm³/mol. The molecule has 3 amide bonds. The zero-order valence-corrected chi connectivity index (χ0v) is 25.8. The van der Waals surface area contributed by atoms with Gasteiger partial charge in [0.25, 0.3) is 0 Å². The lowest BCUT2D eigenvalue weighted by Gasteiger charge is -2.56. The van der Waals surface area contributed by atoms with Crippen molar-refractivity contribution in [3.8, 4) is 5.69 Å². The van der Waals surface area contributed by atoms with Gasteiger partial charge in [0.1, 0.15) is 5.82 Å². The monoisotopic (exact) mass is 600 g/mol. The van der Waals surface area contributed by atoms with Crippen molar-refractivity contribution in [3.63, 3.8) is 0 Å². The SMILES string of the molecule is CCN(Cc1ccc(-n2ccc(NC(=O)N3CCN(C(=O)C(C)(C)N)CC3)nc2=O)cc1)C12CCC(N)(CC1)CC2.Cl. The second kappa shape index (κ2) is 12.3. The maximum absolute atomic E-state index is 12.8. The maximum Gasteiger partial charge on any atom is 0.354 e. The van der Waals surface area contributed by atoms with Crippen LogP contribution in [0.5, 0.6) is 0 Å². The fourth-order valence-electron chi connectivity index (χ4n) is 6.64. The Bertz CT molecular complexity index is 1310. The quantitative estimate of drug-likeness (QED) is 0.443. The highest BCUT2D eigenvalue weighted by Crippen LogP contribution is 2.49. The van der Waals surface area contributed by atoms with Crippen molar-refractivity contribution in [2.45, 2.75) is 82.5 Å². The van der Waals surface area contributed by atoms with E-state index in [-0.39, 0.29) is 41.2 Å². The molecular weight excluding hydrogens is 556 g/mol. The molecule has 2 bridgehead atoms. The van der Waals surface area contributed by atoms with Crippen LogP contribution in [0.15, 0.2) is 41.3 Å². The number of rotatable bonds is 7. The molecule has 5 N–H and O–H groups in total. The van der Waals surface area contributed by atoms with E-state index in [1.165, 1.54) is 29.4 Å². The molecule has 42 heavy (non-hydrogen) atoms. The van der Waals surface area contributed by atoms with Crippen molar-refractivity contribution in [1.29, 1.82) is 0 Å². The first-order chi connectivity index (χ1) is 19.4. The number of urea groups is 1. The lowest BCUT2D eigenvalue weighted by Crippen LogP contribution is -2.61. The minimum absolute atomic E-state index is 0. The molecule has 3 aliphatic carbocycles. The first-order valence-corrected chi connectivity index (χ1v) is 14.8. The van der Waals surface area contributed by atoms with E-state index in [1.54, 1.807) is 35.9 Å². The van der Waals surface area contributed by atoms with Crippen LogP contribution in [0.2, 0.25) is 0 Å². The summed E-state index contributed by atoms with van der Waals surface area (Å²) in [6, 6.07) is 9.30. The van der Waals surface area contributed by atoms with Gasteiger partial charge in [0.15, 0.2) is 0 Å². The largest absolute Gasteiger partial charge is 0.354 e. The number of amides is 3. The topological polar surface area (TPSA) is 143 Å². The minimum atomic E-state index is -0.947. The van der Waals surface area contributed by atoms with E-state index in [9.17, 15) is 14.4 Å². The molecule has 1 aromatic heterocycles. The number of hydrogen-bond donors (Lipinski definition) is 3. The third kappa shape index (κ3) is 6.64. The Morgan fingerprint density at radius 2 is 1.55 bits per heavy atom. The Morgan fingerprint density at radius 1 is 0.976 bits per heavy atom. The Hall–Kier alpha value is -2.99. The summed E-state index contributed by atoms with van der Waals surface area (Å²) >= 11 is 0. The zero-order valence-electron chi connectivity index (χ0n) is 25.0. The summed E-state index contributed by atoms with van der Waals surface area (Å²) in [6.45, 7) is 9.02. The summed E-state index contributed by atoms with van der Waals surface area (Å²) in [5, 5.41) is 2.71. The van der Waals surface area contributed by atoms with Gasteiger partial charge in [-0.15, -0.1) is 12.4 Å². The number of carbonyl (C=O) groups excluding carboxylic acids is 2. The minimum Gasteiger partial charge on any atom is -0.338 e. The van der Waals surface area contributed by atoms with Crippen LogP contribution < -0.4 is 22.5 Å². The molecular formula is C30H45ClN8O3. The van der Waals surface area contributed by atoms with Gasteiger partial charge in [-0.2, -0.15) is 4.98 Å². The van der Waals surface area contributed by atoms with Crippen molar-refractivity contribution < 1.29 is 9.59 Å². The number of anilines is 1. The number of nitrogens with two attached hydrogens (primary N) is 2. The Morgan fingerprint density at radius 3 is 2.07 bits per heavy atom. The van der Waals surface area contributed by atoms with Gasteiger partial charge in [-0.3, -0.25) is 19.6 Å². The van der Waals surface area contributed by atoms with Crippen molar-refractivity contribution in [2.24, 2.45) is 11.5 Å². The van der Waals surface area contributed by atoms with Gasteiger partial charge in [0.2, 0.25) is 5.91 Å². The number of halogens is 1. The maximum atomic E-state index is 12.8. The van der Waals surface area contributed by atoms with Crippen LogP contribution >= 0.6 is 12.4 Å². The fraction of sp³-hybridized carbons (Fsp3) is 0.600. The molecule has 0 spiro atoms. The summed E-state index contributed by atoms with van der Waals surface area (Å²) in [5.74, 6) is 0.0492. The highest BCUT2D eigenvalue weighted by Gasteiger charge is 2.49. The molecule has 12 heteroatoms. The van der Waals surface area contributed by atoms with E-state index >= 15 is 0 Å². The summed E-state index contributed by atoms with van der Waals surface area (Å²) < 4.78 is 1.47. The van der Waals surface area contributed by atoms with E-state index in [0.29, 0.717) is 26.2 Å². The van der Waals surface area contributed by atoms with E-state index in [2.05, 4.69) is 34.3 Å². The number of aromatic nitrogens is 2. The third-order valence-corrected chi connectivity index (χ3v) is 9.35. The van der Waals surface area contributed by atoms with E-state index in [0.717, 1.165) is 38.0 Å². The fourth-order valence-corrected chi connectivity index (χ4v) is 6.64. The van der Waals surface area contributed by atoms with Gasteiger partial charge in [0, 0.05) is 50.0 Å². The van der Waals surface area contributed by atoms with Gasteiger partial charge in [-0.1, -0.05) is 19.1 Å². The van der Waals surface area contributed by atoms with Crippen LogP contribution in [-0.4, -0.2) is 85.5 Å². The van der Waals surface area contributed by atoms with Crippen LogP contribution in [0.4, 0.5) is 10.6 Å². The molecule has 0 radical (unpaired) electrons. The zero-order chi connectivity index (χ0) is 29.4. The van der Waals surface area contributed by atoms with Crippen molar-refractivity contribution in [2.75, 3.05) is 38.0 Å². The van der Waals surface area contributed by atoms with Crippen LogP contribution in [0.25, 0.3) is 5.69 Å². The van der Waals surface area contributed by atoms with Crippen LogP contribution in [0.3, 0.4) is 0 Å². The average molecular weight is 601 g/mol. The highest BCUT2D eigenvalue weighted by molar-refractivity contribution is 5.89. The summed E-state index contributed by atoms with van der Waals surface area (Å²) in [5.41, 5.74) is 13.3. The lowest BCUT2D eigenvalue weighted by atomic mass is 9.61. The molecule has 0 unspecified atom stereocenters. The summed E-state index contributed by atoms with van der Waals surface area (Å²) in [7, 11) is 0. The van der Waals surface area contributed by atoms with Crippen molar-refractivity contribution in [1.82, 2.24) is 24.3 Å². The molecule has 2 heterocycles. The van der Waals surface area contributed by atoms with Crippen LogP contribution in [-0.2, 0) is 11.3 Å². The molecule has 2 aromatic rings. The molecule has 1 aromatic carbocycles. The Labute approximate surface area is 254 Å². The lowest BCUT2D eigenvalue weighted by molar-refractivity contribution is -0.137. The molecule has 3 saturated carbocycles. The second-order valence-electron chi connectivity index (χ2n) is 12.7. The van der Waals surface area contributed by atoms with Crippen molar-refractivity contribution in [3.05, 3.63) is 52.6 Å². The highest BCUT2D eigenvalue weighted by atomic mass is 35.5. The molecule has 6 rings (SSSR count). The van der Waals surface area contributed by atoms with Gasteiger partial charge < -0.3 is 21.3 Å². The molecule has 230 valence electrons. The van der Waals surface area contributed by atoms with Crippen LogP contribution in [0, 0.1) is 0 Å². The molecule has 11 nitrogen and oxygen atoms in total. The molecule has 1 aliphatic heterocycles. The standard InChI is InChI=1S/C30H44N8O3.ClH/c1-4-37(30-13-10-29(32,11-14-30)12-15-30)21-22-5-7-23(8-6-22)38-16-9-24(34-27(38)41)33-26(40)36-19-17-35(18-20-36)25(39)28(2,3)31;/h5-9,16H,4,10-15,17-21,31-32H2,1-3H3,(H,33,34,40,41);1H. The number of carbonyl (C=O) groups is 2. The van der Waals surface area contributed by atoms with Gasteiger partial charge >= 0.3 is 11.7 Å². The number of piperazine rings is 1. The van der Waals surface area contributed by atoms with E-state index in [1.807, 2.05) is 12.1 Å². The first-order valence-electron chi connectivity index (χ1n) is 14.8. The number of nitrogens with zero attached hydrogens (tertiary/aromatic N) is 5. The number of benzene rings is 1. The smallest absolute Gasteiger partial charge is 0.338 e. The summed E-state index contributed by atoms with van der Waals surface area (Å²) in [4.78, 5) is 48.0. The van der Waals surface area contributed by atoms with Gasteiger partial charge in [-0.05, 0) is 82.7 Å². The molecule has 4 fully saturated rings. The Kier molecular flexibility index (Phi) is 9.37. The second-order valence-corrected chi connectivity index (χ2v) is 12.7. The van der Waals surface area contributed by atoms with Gasteiger partial charge in [0.05, 0.1) is 11.2 Å². The van der Waals surface area contributed by atoms with Crippen molar-refractivity contribution >= 4 is 30.2 Å². The van der Waals surface area contributed by atoms with Crippen LogP contribution in [0.1, 0.15) is 64.9 Å². The third-order valence-electron chi connectivity index (χ3n) is 9.35. The average Bonchev–Trinajstić information content (AvgIpc) is 2.96. The predicted octanol–water partition coefficient (Wildman–Crippen LogP) is 2.69. The molecule has 0 atom stereocenters. The molecule has 1 saturated heterocycles. The number of hydrogen-bond acceptors (Lipinski definition) is 7. The Balaban J connectivity index is 0.00000405.